The summed E-state index contributed by atoms with van der Waals surface area (Å²) in [6.07, 6.45) is -0.321. The van der Waals surface area contributed by atoms with Crippen LogP contribution in [0.5, 0.6) is 23.0 Å². The highest BCUT2D eigenvalue weighted by molar-refractivity contribution is 5.40. The molecule has 1 heterocycles. The van der Waals surface area contributed by atoms with E-state index >= 15 is 0 Å². The SMILES string of the molecule is COCCOCCOC1COc2ccccc2OCCOCCOc2ccccc2OC1. The van der Waals surface area contributed by atoms with Gasteiger partial charge in [0, 0.05) is 7.11 Å². The summed E-state index contributed by atoms with van der Waals surface area (Å²) in [5.74, 6) is 2.61. The number of ether oxygens (including phenoxy) is 8. The second kappa shape index (κ2) is 14.5. The first-order chi connectivity index (χ1) is 15.9. The summed E-state index contributed by atoms with van der Waals surface area (Å²) in [6, 6.07) is 15.1. The van der Waals surface area contributed by atoms with Gasteiger partial charge in [-0.25, -0.2) is 0 Å². The van der Waals surface area contributed by atoms with Crippen molar-refractivity contribution >= 4 is 0 Å². The molecule has 2 aromatic carbocycles. The molecular weight excluding hydrogens is 416 g/mol. The van der Waals surface area contributed by atoms with Crippen LogP contribution in [-0.4, -0.2) is 79.3 Å². The number of hydrogen-bond acceptors (Lipinski definition) is 8. The van der Waals surface area contributed by atoms with Crippen molar-refractivity contribution in [2.75, 3.05) is 73.2 Å². The molecular formula is C24H32O8. The number of fused-ring (bicyclic) bond motifs is 2. The van der Waals surface area contributed by atoms with Crippen molar-refractivity contribution in [3.05, 3.63) is 48.5 Å². The molecule has 0 bridgehead atoms. The Kier molecular flexibility index (Phi) is 11.0. The van der Waals surface area contributed by atoms with Crippen LogP contribution in [0.1, 0.15) is 0 Å². The van der Waals surface area contributed by atoms with Crippen molar-refractivity contribution < 1.29 is 37.9 Å². The largest absolute Gasteiger partial charge is 0.487 e. The summed E-state index contributed by atoms with van der Waals surface area (Å²) in [5, 5.41) is 0. The average Bonchev–Trinajstić information content (AvgIpc) is 2.82. The van der Waals surface area contributed by atoms with Gasteiger partial charge in [-0.05, 0) is 24.3 Å². The first-order valence-electron chi connectivity index (χ1n) is 10.8. The Morgan fingerprint density at radius 2 is 1.16 bits per heavy atom. The van der Waals surface area contributed by atoms with Crippen molar-refractivity contribution in [1.29, 1.82) is 0 Å². The third-order valence-electron chi connectivity index (χ3n) is 4.53. The van der Waals surface area contributed by atoms with E-state index in [0.29, 0.717) is 75.9 Å². The number of rotatable bonds is 7. The van der Waals surface area contributed by atoms with E-state index in [1.807, 2.05) is 48.5 Å². The summed E-state index contributed by atoms with van der Waals surface area (Å²) < 4.78 is 45.7. The minimum atomic E-state index is -0.321. The van der Waals surface area contributed by atoms with E-state index in [1.54, 1.807) is 7.11 Å². The van der Waals surface area contributed by atoms with Crippen molar-refractivity contribution in [2.24, 2.45) is 0 Å². The first kappa shape index (κ1) is 24.1. The zero-order valence-electron chi connectivity index (χ0n) is 18.5. The highest BCUT2D eigenvalue weighted by atomic mass is 16.6. The molecule has 176 valence electrons. The van der Waals surface area contributed by atoms with Crippen molar-refractivity contribution in [3.63, 3.8) is 0 Å². The second-order valence-electron chi connectivity index (χ2n) is 6.92. The third kappa shape index (κ3) is 8.55. The highest BCUT2D eigenvalue weighted by Gasteiger charge is 2.16. The van der Waals surface area contributed by atoms with Gasteiger partial charge < -0.3 is 37.9 Å². The quantitative estimate of drug-likeness (QED) is 0.599. The number of hydrogen-bond donors (Lipinski definition) is 0. The summed E-state index contributed by atoms with van der Waals surface area (Å²) in [5.41, 5.74) is 0. The third-order valence-corrected chi connectivity index (χ3v) is 4.53. The Bertz CT molecular complexity index is 714. The van der Waals surface area contributed by atoms with Gasteiger partial charge in [0.25, 0.3) is 0 Å². The molecule has 0 spiro atoms. The van der Waals surface area contributed by atoms with E-state index in [-0.39, 0.29) is 19.3 Å². The van der Waals surface area contributed by atoms with Crippen LogP contribution in [0.25, 0.3) is 0 Å². The van der Waals surface area contributed by atoms with Gasteiger partial charge in [-0.3, -0.25) is 0 Å². The number of para-hydroxylation sites is 4. The Labute approximate surface area is 189 Å². The van der Waals surface area contributed by atoms with Crippen molar-refractivity contribution in [1.82, 2.24) is 0 Å². The van der Waals surface area contributed by atoms with Crippen LogP contribution in [0.4, 0.5) is 0 Å². The molecule has 0 aliphatic carbocycles. The predicted molar refractivity (Wildman–Crippen MR) is 118 cm³/mol. The van der Waals surface area contributed by atoms with Crippen molar-refractivity contribution in [3.8, 4) is 23.0 Å². The normalized spacial score (nSPS) is 15.9. The summed E-state index contributed by atoms with van der Waals surface area (Å²) in [6.45, 7) is 4.25. The fourth-order valence-electron chi connectivity index (χ4n) is 2.93. The summed E-state index contributed by atoms with van der Waals surface area (Å²) in [4.78, 5) is 0. The van der Waals surface area contributed by atoms with Crippen LogP contribution in [0.3, 0.4) is 0 Å². The molecule has 3 rings (SSSR count). The highest BCUT2D eigenvalue weighted by Crippen LogP contribution is 2.28. The smallest absolute Gasteiger partial charge is 0.161 e. The fraction of sp³-hybridized carbons (Fsp3) is 0.500. The van der Waals surface area contributed by atoms with E-state index in [2.05, 4.69) is 0 Å². The van der Waals surface area contributed by atoms with Gasteiger partial charge >= 0.3 is 0 Å². The van der Waals surface area contributed by atoms with E-state index in [9.17, 15) is 0 Å². The van der Waals surface area contributed by atoms with Gasteiger partial charge in [0.05, 0.1) is 39.6 Å². The molecule has 0 fully saturated rings. The Hall–Kier alpha value is -2.52. The molecule has 8 heteroatoms. The molecule has 2 aromatic rings. The van der Waals surface area contributed by atoms with Crippen molar-refractivity contribution in [2.45, 2.75) is 6.10 Å². The molecule has 32 heavy (non-hydrogen) atoms. The lowest BCUT2D eigenvalue weighted by atomic mass is 10.3. The molecule has 0 amide bonds. The van der Waals surface area contributed by atoms with Gasteiger partial charge in [0.2, 0.25) is 0 Å². The van der Waals surface area contributed by atoms with E-state index < -0.39 is 0 Å². The maximum absolute atomic E-state index is 6.02. The van der Waals surface area contributed by atoms with Gasteiger partial charge in [0.15, 0.2) is 23.0 Å². The van der Waals surface area contributed by atoms with Crippen LogP contribution in [0, 0.1) is 0 Å². The van der Waals surface area contributed by atoms with Crippen LogP contribution < -0.4 is 18.9 Å². The lowest BCUT2D eigenvalue weighted by Crippen LogP contribution is -2.30. The lowest BCUT2D eigenvalue weighted by molar-refractivity contribution is -0.0386. The Morgan fingerprint density at radius 1 is 0.656 bits per heavy atom. The maximum atomic E-state index is 6.02. The van der Waals surface area contributed by atoms with Gasteiger partial charge in [-0.15, -0.1) is 0 Å². The van der Waals surface area contributed by atoms with Crippen LogP contribution in [-0.2, 0) is 18.9 Å². The molecule has 8 nitrogen and oxygen atoms in total. The maximum Gasteiger partial charge on any atom is 0.161 e. The summed E-state index contributed by atoms with van der Waals surface area (Å²) in [7, 11) is 1.64. The summed E-state index contributed by atoms with van der Waals surface area (Å²) >= 11 is 0. The molecule has 1 aliphatic rings. The van der Waals surface area contributed by atoms with E-state index in [4.69, 9.17) is 37.9 Å². The van der Waals surface area contributed by atoms with Gasteiger partial charge in [0.1, 0.15) is 32.5 Å². The minimum absolute atomic E-state index is 0.290. The molecule has 0 N–H and O–H groups in total. The molecule has 1 aliphatic heterocycles. The monoisotopic (exact) mass is 448 g/mol. The molecule has 0 atom stereocenters. The number of benzene rings is 2. The number of methoxy groups -OCH3 is 1. The van der Waals surface area contributed by atoms with E-state index in [1.165, 1.54) is 0 Å². The topological polar surface area (TPSA) is 73.8 Å². The molecule has 0 aromatic heterocycles. The second-order valence-corrected chi connectivity index (χ2v) is 6.92. The Morgan fingerprint density at radius 3 is 1.69 bits per heavy atom. The predicted octanol–water partition coefficient (Wildman–Crippen LogP) is 2.98. The average molecular weight is 449 g/mol. The zero-order valence-corrected chi connectivity index (χ0v) is 18.5. The Balaban J connectivity index is 1.64. The standard InChI is InChI=1S/C24H32O8/c1-25-10-11-26-12-15-28-20-18-31-23-8-4-2-6-21(23)29-16-13-27-14-17-30-22-7-3-5-9-24(22)32-19-20/h2-9,20H,10-19H2,1H3. The lowest BCUT2D eigenvalue weighted by Gasteiger charge is -2.21. The van der Waals surface area contributed by atoms with Crippen LogP contribution in [0.15, 0.2) is 48.5 Å². The first-order valence-corrected chi connectivity index (χ1v) is 10.8. The molecule has 0 radical (unpaired) electrons. The fourth-order valence-corrected chi connectivity index (χ4v) is 2.93. The van der Waals surface area contributed by atoms with E-state index in [0.717, 1.165) is 0 Å². The van der Waals surface area contributed by atoms with Gasteiger partial charge in [-0.1, -0.05) is 24.3 Å². The van der Waals surface area contributed by atoms with Crippen LogP contribution >= 0.6 is 0 Å². The zero-order chi connectivity index (χ0) is 22.3. The molecule has 0 saturated heterocycles. The molecule has 0 unspecified atom stereocenters. The minimum Gasteiger partial charge on any atom is -0.487 e. The van der Waals surface area contributed by atoms with Gasteiger partial charge in [-0.2, -0.15) is 0 Å². The van der Waals surface area contributed by atoms with Crippen LogP contribution in [0.2, 0.25) is 0 Å². The molecule has 0 saturated carbocycles.